The zero-order chi connectivity index (χ0) is 8.36. The van der Waals surface area contributed by atoms with Crippen molar-refractivity contribution in [3.05, 3.63) is 0 Å². The number of carboxylic acids is 1. The molecule has 0 saturated heterocycles. The number of aliphatic carboxylic acids is 1. The zero-order valence-corrected chi connectivity index (χ0v) is 8.63. The molecule has 2 nitrogen and oxygen atoms in total. The van der Waals surface area contributed by atoms with E-state index in [9.17, 15) is 4.79 Å². The summed E-state index contributed by atoms with van der Waals surface area (Å²) in [6.45, 7) is 3.27. The lowest BCUT2D eigenvalue weighted by Gasteiger charge is -2.23. The highest BCUT2D eigenvalue weighted by Crippen LogP contribution is 2.32. The third-order valence-corrected chi connectivity index (χ3v) is 2.67. The molecule has 0 fully saturated rings. The molecule has 0 bridgehead atoms. The van der Waals surface area contributed by atoms with Crippen molar-refractivity contribution in [3.8, 4) is 0 Å². The second-order valence-corrected chi connectivity index (χ2v) is 3.47. The van der Waals surface area contributed by atoms with Gasteiger partial charge in [-0.3, -0.25) is 4.79 Å². The lowest BCUT2D eigenvalue weighted by Crippen LogP contribution is -2.33. The standard InChI is InChI=1S/C6H10Cl2O2.ClH/c1-3-6(2,4(7)8)5(9)10;/h4H,3H2,1-2H3,(H,9,10);1H. The van der Waals surface area contributed by atoms with Crippen LogP contribution in [0.25, 0.3) is 0 Å². The fraction of sp³-hybridized carbons (Fsp3) is 0.833. The Morgan fingerprint density at radius 1 is 1.64 bits per heavy atom. The predicted molar refractivity (Wildman–Crippen MR) is 48.8 cm³/mol. The van der Waals surface area contributed by atoms with Crippen molar-refractivity contribution in [1.82, 2.24) is 0 Å². The molecule has 0 aliphatic rings. The van der Waals surface area contributed by atoms with Crippen molar-refractivity contribution in [3.63, 3.8) is 0 Å². The van der Waals surface area contributed by atoms with Crippen LogP contribution in [-0.2, 0) is 4.79 Å². The van der Waals surface area contributed by atoms with Gasteiger partial charge >= 0.3 is 5.97 Å². The van der Waals surface area contributed by atoms with Crippen LogP contribution in [0.1, 0.15) is 20.3 Å². The first-order valence-electron chi connectivity index (χ1n) is 2.96. The summed E-state index contributed by atoms with van der Waals surface area (Å²) >= 11 is 10.9. The summed E-state index contributed by atoms with van der Waals surface area (Å²) in [6, 6.07) is 0. The summed E-state index contributed by atoms with van der Waals surface area (Å²) in [6.07, 6.45) is 0.431. The first-order chi connectivity index (χ1) is 4.45. The largest absolute Gasteiger partial charge is 0.481 e. The van der Waals surface area contributed by atoms with Gasteiger partial charge in [0.1, 0.15) is 4.84 Å². The first-order valence-corrected chi connectivity index (χ1v) is 3.84. The molecule has 0 aromatic heterocycles. The summed E-state index contributed by atoms with van der Waals surface area (Å²) < 4.78 is 0. The van der Waals surface area contributed by atoms with Crippen LogP contribution in [0, 0.1) is 5.41 Å². The van der Waals surface area contributed by atoms with E-state index in [4.69, 9.17) is 28.3 Å². The average Bonchev–Trinajstić information content (AvgIpc) is 1.85. The minimum Gasteiger partial charge on any atom is -0.481 e. The van der Waals surface area contributed by atoms with E-state index in [-0.39, 0.29) is 12.4 Å². The number of alkyl halides is 2. The van der Waals surface area contributed by atoms with Gasteiger partial charge in [-0.15, -0.1) is 35.6 Å². The van der Waals surface area contributed by atoms with Crippen LogP contribution in [-0.4, -0.2) is 15.9 Å². The van der Waals surface area contributed by atoms with Crippen molar-refractivity contribution < 1.29 is 9.90 Å². The molecule has 11 heavy (non-hydrogen) atoms. The van der Waals surface area contributed by atoms with Crippen molar-refractivity contribution in [2.24, 2.45) is 5.41 Å². The molecule has 0 spiro atoms. The van der Waals surface area contributed by atoms with Crippen LogP contribution in [0.4, 0.5) is 0 Å². The maximum Gasteiger partial charge on any atom is 0.312 e. The Balaban J connectivity index is 0. The summed E-state index contributed by atoms with van der Waals surface area (Å²) in [4.78, 5) is 9.67. The molecule has 0 amide bonds. The van der Waals surface area contributed by atoms with Gasteiger partial charge in [0.15, 0.2) is 0 Å². The Labute approximate surface area is 82.3 Å². The van der Waals surface area contributed by atoms with E-state index in [1.165, 1.54) is 6.92 Å². The predicted octanol–water partition coefficient (Wildman–Crippen LogP) is 2.71. The minimum atomic E-state index is -1.01. The molecule has 1 N–H and O–H groups in total. The topological polar surface area (TPSA) is 37.3 Å². The average molecular weight is 222 g/mol. The number of hydrogen-bond acceptors (Lipinski definition) is 1. The van der Waals surface area contributed by atoms with Crippen molar-refractivity contribution in [2.45, 2.75) is 25.1 Å². The minimum absolute atomic E-state index is 0. The van der Waals surface area contributed by atoms with E-state index in [1.807, 2.05) is 0 Å². The van der Waals surface area contributed by atoms with Gasteiger partial charge in [0, 0.05) is 0 Å². The Kier molecular flexibility index (Phi) is 6.40. The molecule has 0 aromatic carbocycles. The summed E-state index contributed by atoms with van der Waals surface area (Å²) in [5, 5.41) is 8.63. The molecular weight excluding hydrogens is 210 g/mol. The van der Waals surface area contributed by atoms with Crippen molar-refractivity contribution in [1.29, 1.82) is 0 Å². The highest BCUT2D eigenvalue weighted by Gasteiger charge is 2.37. The van der Waals surface area contributed by atoms with Crippen LogP contribution in [0.3, 0.4) is 0 Å². The summed E-state index contributed by atoms with van der Waals surface area (Å²) in [5.41, 5.74) is -1.01. The highest BCUT2D eigenvalue weighted by molar-refractivity contribution is 6.45. The van der Waals surface area contributed by atoms with Crippen LogP contribution >= 0.6 is 35.6 Å². The molecule has 1 unspecified atom stereocenters. The Morgan fingerprint density at radius 2 is 2.00 bits per heavy atom. The van der Waals surface area contributed by atoms with E-state index < -0.39 is 16.2 Å². The fourth-order valence-corrected chi connectivity index (χ4v) is 0.894. The molecule has 0 rings (SSSR count). The SMILES string of the molecule is CCC(C)(C(=O)O)C(Cl)Cl.Cl. The molecular formula is C6H11Cl3O2. The van der Waals surface area contributed by atoms with Gasteiger partial charge in [-0.1, -0.05) is 6.92 Å². The summed E-state index contributed by atoms with van der Waals surface area (Å²) in [5.74, 6) is -0.954. The molecule has 0 heterocycles. The lowest BCUT2D eigenvalue weighted by atomic mass is 9.90. The maximum atomic E-state index is 10.5. The lowest BCUT2D eigenvalue weighted by molar-refractivity contribution is -0.147. The van der Waals surface area contributed by atoms with Gasteiger partial charge in [-0.25, -0.2) is 0 Å². The zero-order valence-electron chi connectivity index (χ0n) is 6.30. The number of carbonyl (C=O) groups is 1. The molecule has 0 aliphatic carbocycles. The second kappa shape index (κ2) is 5.07. The third kappa shape index (κ3) is 3.06. The van der Waals surface area contributed by atoms with Crippen LogP contribution in [0.15, 0.2) is 0 Å². The quantitative estimate of drug-likeness (QED) is 0.744. The maximum absolute atomic E-state index is 10.5. The molecule has 5 heteroatoms. The van der Waals surface area contributed by atoms with Gasteiger partial charge in [-0.2, -0.15) is 0 Å². The fourth-order valence-electron chi connectivity index (χ4n) is 0.399. The summed E-state index contributed by atoms with van der Waals surface area (Å²) in [7, 11) is 0. The smallest absolute Gasteiger partial charge is 0.312 e. The number of halogens is 3. The Bertz CT molecular complexity index is 138. The highest BCUT2D eigenvalue weighted by atomic mass is 35.5. The molecule has 1 atom stereocenters. The molecule has 0 radical (unpaired) electrons. The molecule has 68 valence electrons. The van der Waals surface area contributed by atoms with Crippen molar-refractivity contribution >= 4 is 41.6 Å². The Hall–Kier alpha value is 0.340. The van der Waals surface area contributed by atoms with E-state index in [0.29, 0.717) is 6.42 Å². The van der Waals surface area contributed by atoms with Gasteiger partial charge in [0.25, 0.3) is 0 Å². The van der Waals surface area contributed by atoms with Gasteiger partial charge in [0.05, 0.1) is 5.41 Å². The number of hydrogen-bond donors (Lipinski definition) is 1. The van der Waals surface area contributed by atoms with Gasteiger partial charge < -0.3 is 5.11 Å². The Morgan fingerprint density at radius 3 is 2.00 bits per heavy atom. The van der Waals surface area contributed by atoms with Gasteiger partial charge in [0.2, 0.25) is 0 Å². The van der Waals surface area contributed by atoms with Crippen molar-refractivity contribution in [2.75, 3.05) is 0 Å². The normalized spacial score (nSPS) is 15.4. The van der Waals surface area contributed by atoms with Gasteiger partial charge in [-0.05, 0) is 13.3 Å². The van der Waals surface area contributed by atoms with E-state index >= 15 is 0 Å². The van der Waals surface area contributed by atoms with Crippen LogP contribution < -0.4 is 0 Å². The molecule has 0 aromatic rings. The molecule has 0 aliphatic heterocycles. The molecule has 0 saturated carbocycles. The second-order valence-electron chi connectivity index (χ2n) is 2.38. The van der Waals surface area contributed by atoms with E-state index in [1.54, 1.807) is 6.92 Å². The van der Waals surface area contributed by atoms with Crippen LogP contribution in [0.2, 0.25) is 0 Å². The van der Waals surface area contributed by atoms with Crippen LogP contribution in [0.5, 0.6) is 0 Å². The van der Waals surface area contributed by atoms with E-state index in [0.717, 1.165) is 0 Å². The monoisotopic (exact) mass is 220 g/mol. The third-order valence-electron chi connectivity index (χ3n) is 1.70. The number of carboxylic acid groups (broad SMARTS) is 1. The van der Waals surface area contributed by atoms with E-state index in [2.05, 4.69) is 0 Å². The number of rotatable bonds is 3. The first kappa shape index (κ1) is 13.9.